The number of amides is 2. The predicted molar refractivity (Wildman–Crippen MR) is 72.8 cm³/mol. The third-order valence-electron chi connectivity index (χ3n) is 3.46. The van der Waals surface area contributed by atoms with Gasteiger partial charge in [-0.2, -0.15) is 0 Å². The van der Waals surface area contributed by atoms with Gasteiger partial charge in [-0.15, -0.1) is 0 Å². The Hall–Kier alpha value is -2.25. The smallest absolute Gasteiger partial charge is 0.364 e. The van der Waals surface area contributed by atoms with Crippen molar-refractivity contribution < 1.29 is 28.7 Å². The van der Waals surface area contributed by atoms with Gasteiger partial charge in [0.1, 0.15) is 0 Å². The molecule has 3 rings (SSSR count). The summed E-state index contributed by atoms with van der Waals surface area (Å²) in [5.74, 6) is -2.15. The molecule has 0 bridgehead atoms. The molecule has 1 aromatic rings. The van der Waals surface area contributed by atoms with Crippen molar-refractivity contribution in [3.63, 3.8) is 0 Å². The molecule has 1 aromatic carbocycles. The van der Waals surface area contributed by atoms with Gasteiger partial charge < -0.3 is 14.3 Å². The average molecular weight is 305 g/mol. The summed E-state index contributed by atoms with van der Waals surface area (Å²) < 4.78 is 10.8. The van der Waals surface area contributed by atoms with E-state index < -0.39 is 29.5 Å². The molecule has 0 saturated carbocycles. The maximum Gasteiger partial charge on any atom is 0.364 e. The van der Waals surface area contributed by atoms with Crippen LogP contribution in [0.3, 0.4) is 0 Å². The largest absolute Gasteiger partial charge is 0.370 e. The van der Waals surface area contributed by atoms with Crippen LogP contribution in [0.2, 0.25) is 0 Å². The standard InChI is InChI=1S/C15H15NO6/c1-15(2)8-20-11(7-21-15)14(19)22-16-12(17)9-5-3-4-6-10(9)13(16)18/h3-6,11H,7-8H2,1-2H3. The third kappa shape index (κ3) is 2.49. The van der Waals surface area contributed by atoms with Crippen LogP contribution in [-0.4, -0.2) is 47.8 Å². The van der Waals surface area contributed by atoms with Gasteiger partial charge in [0.25, 0.3) is 11.8 Å². The molecule has 1 unspecified atom stereocenters. The summed E-state index contributed by atoms with van der Waals surface area (Å²) in [6.07, 6.45) is -0.961. The van der Waals surface area contributed by atoms with E-state index in [1.54, 1.807) is 12.1 Å². The molecule has 22 heavy (non-hydrogen) atoms. The van der Waals surface area contributed by atoms with Crippen LogP contribution in [-0.2, 0) is 19.1 Å². The van der Waals surface area contributed by atoms with Crippen LogP contribution in [0.5, 0.6) is 0 Å². The molecule has 7 nitrogen and oxygen atoms in total. The summed E-state index contributed by atoms with van der Waals surface area (Å²) in [5.41, 5.74) is -0.0590. The summed E-state index contributed by atoms with van der Waals surface area (Å²) in [5, 5.41) is 0.468. The zero-order valence-electron chi connectivity index (χ0n) is 12.2. The first-order chi connectivity index (χ1) is 10.4. The van der Waals surface area contributed by atoms with Crippen LogP contribution >= 0.6 is 0 Å². The Bertz CT molecular complexity index is 608. The Kier molecular flexibility index (Phi) is 3.46. The molecule has 0 N–H and O–H groups in total. The molecular weight excluding hydrogens is 290 g/mol. The lowest BCUT2D eigenvalue weighted by Gasteiger charge is -2.33. The van der Waals surface area contributed by atoms with E-state index in [0.717, 1.165) is 0 Å². The number of carbonyl (C=O) groups excluding carboxylic acids is 3. The second-order valence-electron chi connectivity index (χ2n) is 5.73. The highest BCUT2D eigenvalue weighted by Gasteiger charge is 2.41. The molecule has 0 spiro atoms. The SMILES string of the molecule is CC1(C)COC(C(=O)ON2C(=O)c3ccccc3C2=O)CO1. The van der Waals surface area contributed by atoms with Crippen molar-refractivity contribution in [2.75, 3.05) is 13.2 Å². The van der Waals surface area contributed by atoms with Crippen LogP contribution in [0.4, 0.5) is 0 Å². The highest BCUT2D eigenvalue weighted by Crippen LogP contribution is 2.24. The van der Waals surface area contributed by atoms with Crippen LogP contribution in [0.1, 0.15) is 34.6 Å². The number of imide groups is 1. The van der Waals surface area contributed by atoms with Crippen molar-refractivity contribution in [2.45, 2.75) is 25.6 Å². The van der Waals surface area contributed by atoms with Gasteiger partial charge in [0.05, 0.1) is 29.9 Å². The van der Waals surface area contributed by atoms with Gasteiger partial charge in [-0.1, -0.05) is 17.2 Å². The van der Waals surface area contributed by atoms with E-state index >= 15 is 0 Å². The van der Waals surface area contributed by atoms with E-state index in [-0.39, 0.29) is 24.3 Å². The summed E-state index contributed by atoms with van der Waals surface area (Å²) >= 11 is 0. The topological polar surface area (TPSA) is 82.1 Å². The van der Waals surface area contributed by atoms with E-state index in [9.17, 15) is 14.4 Å². The first kappa shape index (κ1) is 14.7. The Balaban J connectivity index is 1.69. The number of hydrogen-bond acceptors (Lipinski definition) is 6. The Labute approximate surface area is 126 Å². The number of benzene rings is 1. The fourth-order valence-corrected chi connectivity index (χ4v) is 2.23. The molecule has 1 atom stereocenters. The number of nitrogens with zero attached hydrogens (tertiary/aromatic N) is 1. The second-order valence-corrected chi connectivity index (χ2v) is 5.73. The quantitative estimate of drug-likeness (QED) is 0.756. The highest BCUT2D eigenvalue weighted by atomic mass is 16.7. The lowest BCUT2D eigenvalue weighted by Crippen LogP contribution is -2.48. The average Bonchev–Trinajstić information content (AvgIpc) is 2.73. The summed E-state index contributed by atoms with van der Waals surface area (Å²) in [6.45, 7) is 3.89. The van der Waals surface area contributed by atoms with E-state index in [1.165, 1.54) is 12.1 Å². The first-order valence-corrected chi connectivity index (χ1v) is 6.84. The van der Waals surface area contributed by atoms with Gasteiger partial charge in [-0.3, -0.25) is 9.59 Å². The molecule has 0 aromatic heterocycles. The number of fused-ring (bicyclic) bond motifs is 1. The Morgan fingerprint density at radius 2 is 1.82 bits per heavy atom. The third-order valence-corrected chi connectivity index (χ3v) is 3.46. The van der Waals surface area contributed by atoms with Crippen LogP contribution in [0, 0.1) is 0 Å². The molecule has 2 amide bonds. The Morgan fingerprint density at radius 3 is 2.32 bits per heavy atom. The van der Waals surface area contributed by atoms with Crippen molar-refractivity contribution >= 4 is 17.8 Å². The molecule has 0 aliphatic carbocycles. The number of carbonyl (C=O) groups is 3. The summed E-state index contributed by atoms with van der Waals surface area (Å²) in [4.78, 5) is 41.1. The molecule has 2 aliphatic heterocycles. The maximum atomic E-state index is 12.1. The van der Waals surface area contributed by atoms with Crippen molar-refractivity contribution in [3.8, 4) is 0 Å². The molecule has 7 heteroatoms. The molecule has 0 radical (unpaired) electrons. The van der Waals surface area contributed by atoms with E-state index in [1.807, 2.05) is 13.8 Å². The zero-order chi connectivity index (χ0) is 15.9. The van der Waals surface area contributed by atoms with E-state index in [4.69, 9.17) is 14.3 Å². The molecule has 1 fully saturated rings. The Morgan fingerprint density at radius 1 is 1.23 bits per heavy atom. The molecular formula is C15H15NO6. The fourth-order valence-electron chi connectivity index (χ4n) is 2.23. The van der Waals surface area contributed by atoms with Crippen molar-refractivity contribution in [1.82, 2.24) is 5.06 Å². The number of ether oxygens (including phenoxy) is 2. The van der Waals surface area contributed by atoms with Gasteiger partial charge in [-0.05, 0) is 26.0 Å². The molecule has 2 aliphatic rings. The lowest BCUT2D eigenvalue weighted by atomic mass is 10.1. The number of hydroxylamine groups is 2. The minimum Gasteiger partial charge on any atom is -0.370 e. The van der Waals surface area contributed by atoms with E-state index in [2.05, 4.69) is 0 Å². The predicted octanol–water partition coefficient (Wildman–Crippen LogP) is 0.935. The van der Waals surface area contributed by atoms with Gasteiger partial charge in [0.15, 0.2) is 6.10 Å². The molecule has 116 valence electrons. The lowest BCUT2D eigenvalue weighted by molar-refractivity contribution is -0.212. The van der Waals surface area contributed by atoms with Gasteiger partial charge in [-0.25, -0.2) is 4.79 Å². The summed E-state index contributed by atoms with van der Waals surface area (Å²) in [6, 6.07) is 6.28. The van der Waals surface area contributed by atoms with Crippen molar-refractivity contribution in [1.29, 1.82) is 0 Å². The normalized spacial score (nSPS) is 23.4. The van der Waals surface area contributed by atoms with Gasteiger partial charge in [0, 0.05) is 0 Å². The van der Waals surface area contributed by atoms with Crippen LogP contribution < -0.4 is 0 Å². The number of hydrogen-bond donors (Lipinski definition) is 0. The number of rotatable bonds is 2. The monoisotopic (exact) mass is 305 g/mol. The maximum absolute atomic E-state index is 12.1. The first-order valence-electron chi connectivity index (χ1n) is 6.84. The van der Waals surface area contributed by atoms with Crippen LogP contribution in [0.25, 0.3) is 0 Å². The minimum absolute atomic E-state index is 0.00893. The van der Waals surface area contributed by atoms with Crippen molar-refractivity contribution in [3.05, 3.63) is 35.4 Å². The van der Waals surface area contributed by atoms with Crippen LogP contribution in [0.15, 0.2) is 24.3 Å². The molecule has 2 heterocycles. The zero-order valence-corrected chi connectivity index (χ0v) is 12.2. The van der Waals surface area contributed by atoms with Gasteiger partial charge >= 0.3 is 5.97 Å². The minimum atomic E-state index is -0.961. The summed E-state index contributed by atoms with van der Waals surface area (Å²) in [7, 11) is 0. The highest BCUT2D eigenvalue weighted by molar-refractivity contribution is 6.20. The van der Waals surface area contributed by atoms with Crippen molar-refractivity contribution in [2.24, 2.45) is 0 Å². The van der Waals surface area contributed by atoms with E-state index in [0.29, 0.717) is 5.06 Å². The second kappa shape index (κ2) is 5.19. The molecule has 1 saturated heterocycles. The fraction of sp³-hybridized carbons (Fsp3) is 0.400. The van der Waals surface area contributed by atoms with Gasteiger partial charge in [0.2, 0.25) is 0 Å².